The maximum atomic E-state index is 13.0. The lowest BCUT2D eigenvalue weighted by Crippen LogP contribution is -2.31. The molecule has 0 aromatic heterocycles. The molecule has 3 aromatic rings. The number of ketones is 1. The molecule has 0 saturated carbocycles. The number of non-ortho nitro benzene ring substituents is 1. The number of aliphatic hydroxyl groups excluding tert-OH is 1. The van der Waals surface area contributed by atoms with Crippen LogP contribution in [0.15, 0.2) is 90.5 Å². The Hall–Kier alpha value is -4.26. The zero-order valence-corrected chi connectivity index (χ0v) is 17.0. The molecule has 1 atom stereocenters. The Morgan fingerprint density at radius 1 is 0.906 bits per heavy atom. The number of likely N-dealkylation sites (tertiary alicyclic amines) is 1. The molecule has 1 amide bonds. The first-order chi connectivity index (χ1) is 15.5. The number of rotatable bonds is 6. The van der Waals surface area contributed by atoms with Gasteiger partial charge in [0.15, 0.2) is 0 Å². The van der Waals surface area contributed by atoms with Gasteiger partial charge >= 0.3 is 0 Å². The lowest BCUT2D eigenvalue weighted by atomic mass is 9.95. The van der Waals surface area contributed by atoms with Gasteiger partial charge in [0.25, 0.3) is 17.4 Å². The molecule has 1 aliphatic heterocycles. The van der Waals surface area contributed by atoms with Gasteiger partial charge in [0.05, 0.1) is 16.5 Å². The van der Waals surface area contributed by atoms with Crippen LogP contribution in [0.3, 0.4) is 0 Å². The molecular formula is C25H20N2O5. The Labute approximate surface area is 184 Å². The second kappa shape index (κ2) is 8.85. The molecule has 1 aliphatic rings. The van der Waals surface area contributed by atoms with Crippen LogP contribution in [-0.2, 0) is 16.0 Å². The minimum Gasteiger partial charge on any atom is -0.507 e. The Morgan fingerprint density at radius 2 is 1.50 bits per heavy atom. The summed E-state index contributed by atoms with van der Waals surface area (Å²) in [6.07, 6.45) is 0.517. The molecule has 1 N–H and O–H groups in total. The Balaban J connectivity index is 1.78. The first-order valence-electron chi connectivity index (χ1n) is 10.1. The number of hydrogen-bond acceptors (Lipinski definition) is 5. The number of hydrogen-bond donors (Lipinski definition) is 1. The van der Waals surface area contributed by atoms with Gasteiger partial charge in [-0.15, -0.1) is 0 Å². The van der Waals surface area contributed by atoms with Crippen molar-refractivity contribution in [2.24, 2.45) is 0 Å². The summed E-state index contributed by atoms with van der Waals surface area (Å²) >= 11 is 0. The van der Waals surface area contributed by atoms with Gasteiger partial charge in [-0.1, -0.05) is 60.7 Å². The fourth-order valence-electron chi connectivity index (χ4n) is 3.88. The van der Waals surface area contributed by atoms with Gasteiger partial charge in [-0.05, 0) is 29.7 Å². The average Bonchev–Trinajstić information content (AvgIpc) is 3.08. The number of Topliss-reactive ketones (excluding diaryl/α,β-unsaturated/α-hetero) is 1. The number of amides is 1. The molecule has 32 heavy (non-hydrogen) atoms. The van der Waals surface area contributed by atoms with Crippen LogP contribution in [0.2, 0.25) is 0 Å². The maximum absolute atomic E-state index is 13.0. The second-order valence-corrected chi connectivity index (χ2v) is 7.44. The van der Waals surface area contributed by atoms with Crippen LogP contribution in [-0.4, -0.2) is 33.2 Å². The molecule has 160 valence electrons. The van der Waals surface area contributed by atoms with Gasteiger partial charge in [-0.2, -0.15) is 0 Å². The summed E-state index contributed by atoms with van der Waals surface area (Å²) in [7, 11) is 0. The van der Waals surface area contributed by atoms with Gasteiger partial charge in [0.2, 0.25) is 0 Å². The van der Waals surface area contributed by atoms with Gasteiger partial charge in [-0.3, -0.25) is 19.7 Å². The van der Waals surface area contributed by atoms with E-state index in [1.807, 2.05) is 30.3 Å². The minimum atomic E-state index is -0.847. The van der Waals surface area contributed by atoms with E-state index in [0.717, 1.165) is 5.56 Å². The Bertz CT molecular complexity index is 1190. The quantitative estimate of drug-likeness (QED) is 0.208. The largest absolute Gasteiger partial charge is 0.507 e. The van der Waals surface area contributed by atoms with Crippen LogP contribution >= 0.6 is 0 Å². The van der Waals surface area contributed by atoms with E-state index in [1.165, 1.54) is 29.2 Å². The third-order valence-corrected chi connectivity index (χ3v) is 5.49. The zero-order valence-electron chi connectivity index (χ0n) is 17.0. The summed E-state index contributed by atoms with van der Waals surface area (Å²) in [4.78, 5) is 37.9. The molecule has 7 nitrogen and oxygen atoms in total. The third-order valence-electron chi connectivity index (χ3n) is 5.49. The number of benzene rings is 3. The molecule has 1 saturated heterocycles. The second-order valence-electron chi connectivity index (χ2n) is 7.44. The average molecular weight is 428 g/mol. The molecule has 0 unspecified atom stereocenters. The highest BCUT2D eigenvalue weighted by Crippen LogP contribution is 2.39. The molecule has 0 bridgehead atoms. The number of carbonyl (C=O) groups is 2. The number of nitro benzene ring substituents is 1. The van der Waals surface area contributed by atoms with Crippen molar-refractivity contribution in [2.75, 3.05) is 6.54 Å². The molecule has 4 rings (SSSR count). The van der Waals surface area contributed by atoms with E-state index in [4.69, 9.17) is 0 Å². The summed E-state index contributed by atoms with van der Waals surface area (Å²) in [5.41, 5.74) is 1.81. The third kappa shape index (κ3) is 4.00. The summed E-state index contributed by atoms with van der Waals surface area (Å²) in [5, 5.41) is 22.0. The normalized spacial score (nSPS) is 17.5. The maximum Gasteiger partial charge on any atom is 0.295 e. The number of nitro groups is 1. The number of aliphatic hydroxyl groups is 1. The Kier molecular flexibility index (Phi) is 5.81. The molecular weight excluding hydrogens is 408 g/mol. The predicted molar refractivity (Wildman–Crippen MR) is 119 cm³/mol. The van der Waals surface area contributed by atoms with E-state index in [0.29, 0.717) is 17.5 Å². The highest BCUT2D eigenvalue weighted by molar-refractivity contribution is 6.46. The van der Waals surface area contributed by atoms with E-state index < -0.39 is 22.7 Å². The minimum absolute atomic E-state index is 0.0249. The van der Waals surface area contributed by atoms with Crippen LogP contribution < -0.4 is 0 Å². The van der Waals surface area contributed by atoms with Crippen LogP contribution in [0.4, 0.5) is 5.69 Å². The highest BCUT2D eigenvalue weighted by Gasteiger charge is 2.45. The molecule has 0 aliphatic carbocycles. The smallest absolute Gasteiger partial charge is 0.295 e. The fraction of sp³-hybridized carbons (Fsp3) is 0.120. The number of carbonyl (C=O) groups excluding carboxylic acids is 2. The summed E-state index contributed by atoms with van der Waals surface area (Å²) < 4.78 is 0. The molecule has 7 heteroatoms. The zero-order chi connectivity index (χ0) is 22.7. The summed E-state index contributed by atoms with van der Waals surface area (Å²) in [5.74, 6) is -1.75. The SMILES string of the molecule is O=C1C(=O)N(CCc2ccccc2)[C@H](c2ccc([N+](=O)[O-])cc2)/C1=C(\O)c1ccccc1. The summed E-state index contributed by atoms with van der Waals surface area (Å²) in [6.45, 7) is 0.252. The van der Waals surface area contributed by atoms with E-state index in [-0.39, 0.29) is 23.6 Å². The van der Waals surface area contributed by atoms with E-state index in [1.54, 1.807) is 30.3 Å². The molecule has 1 fully saturated rings. The van der Waals surface area contributed by atoms with Crippen molar-refractivity contribution >= 4 is 23.1 Å². The van der Waals surface area contributed by atoms with Crippen molar-refractivity contribution in [3.05, 3.63) is 117 Å². The predicted octanol–water partition coefficient (Wildman–Crippen LogP) is 4.26. The van der Waals surface area contributed by atoms with E-state index >= 15 is 0 Å². The van der Waals surface area contributed by atoms with Crippen molar-refractivity contribution in [1.82, 2.24) is 4.90 Å². The fourth-order valence-corrected chi connectivity index (χ4v) is 3.88. The first kappa shape index (κ1) is 21.0. The van der Waals surface area contributed by atoms with Crippen LogP contribution in [0.5, 0.6) is 0 Å². The van der Waals surface area contributed by atoms with Crippen molar-refractivity contribution in [3.63, 3.8) is 0 Å². The van der Waals surface area contributed by atoms with E-state index in [9.17, 15) is 24.8 Å². The van der Waals surface area contributed by atoms with Crippen LogP contribution in [0.1, 0.15) is 22.7 Å². The van der Waals surface area contributed by atoms with Crippen molar-refractivity contribution < 1.29 is 19.6 Å². The van der Waals surface area contributed by atoms with Crippen molar-refractivity contribution in [2.45, 2.75) is 12.5 Å². The van der Waals surface area contributed by atoms with Crippen molar-refractivity contribution in [3.8, 4) is 0 Å². The first-order valence-corrected chi connectivity index (χ1v) is 10.1. The lowest BCUT2D eigenvalue weighted by Gasteiger charge is -2.25. The van der Waals surface area contributed by atoms with Gasteiger partial charge < -0.3 is 10.0 Å². The molecule has 1 heterocycles. The topological polar surface area (TPSA) is 101 Å². The van der Waals surface area contributed by atoms with Gasteiger partial charge in [0, 0.05) is 24.2 Å². The number of nitrogens with zero attached hydrogens (tertiary/aromatic N) is 2. The molecule has 0 radical (unpaired) electrons. The summed E-state index contributed by atoms with van der Waals surface area (Å²) in [6, 6.07) is 22.9. The van der Waals surface area contributed by atoms with Crippen LogP contribution in [0.25, 0.3) is 5.76 Å². The van der Waals surface area contributed by atoms with Gasteiger partial charge in [0.1, 0.15) is 5.76 Å². The lowest BCUT2D eigenvalue weighted by molar-refractivity contribution is -0.384. The van der Waals surface area contributed by atoms with Crippen LogP contribution in [0, 0.1) is 10.1 Å². The molecule has 0 spiro atoms. The highest BCUT2D eigenvalue weighted by atomic mass is 16.6. The monoisotopic (exact) mass is 428 g/mol. The van der Waals surface area contributed by atoms with E-state index in [2.05, 4.69) is 0 Å². The standard InChI is InChI=1S/C25H20N2O5/c28-23(19-9-5-2-6-10-19)21-22(18-11-13-20(14-12-18)27(31)32)26(25(30)24(21)29)16-15-17-7-3-1-4-8-17/h1-14,22,28H,15-16H2/b23-21+/t22-/m1/s1. The van der Waals surface area contributed by atoms with Crippen molar-refractivity contribution in [1.29, 1.82) is 0 Å². The van der Waals surface area contributed by atoms with Gasteiger partial charge in [-0.25, -0.2) is 0 Å². The Morgan fingerprint density at radius 3 is 2.09 bits per heavy atom. The molecule has 3 aromatic carbocycles.